The highest BCUT2D eigenvalue weighted by Gasteiger charge is 2.27. The van der Waals surface area contributed by atoms with E-state index in [1.165, 1.54) is 18.9 Å². The molecule has 0 aliphatic carbocycles. The summed E-state index contributed by atoms with van der Waals surface area (Å²) in [5.41, 5.74) is 3.23. The van der Waals surface area contributed by atoms with E-state index in [1.807, 2.05) is 24.4 Å². The van der Waals surface area contributed by atoms with E-state index in [0.717, 1.165) is 30.9 Å². The molecule has 0 saturated carbocycles. The molecule has 23 heavy (non-hydrogen) atoms. The minimum Gasteiger partial charge on any atom is -0.351 e. The highest BCUT2D eigenvalue weighted by Crippen LogP contribution is 2.32. The standard InChI is InChI=1S/C18H22N4O/c1-14(23)20-12-16-6-2-7-17(21-16)18-8-4-10-22(18)13-15-5-3-9-19-11-15/h2-3,5-7,9,11,18H,4,8,10,12-13H2,1H3,(H,20,23)/t18-/m1/s1. The van der Waals surface area contributed by atoms with Gasteiger partial charge in [-0.2, -0.15) is 0 Å². The highest BCUT2D eigenvalue weighted by molar-refractivity contribution is 5.72. The average molecular weight is 310 g/mol. The molecule has 3 rings (SSSR count). The zero-order valence-electron chi connectivity index (χ0n) is 13.4. The maximum absolute atomic E-state index is 11.1. The fraction of sp³-hybridized carbons (Fsp3) is 0.389. The zero-order chi connectivity index (χ0) is 16.1. The van der Waals surface area contributed by atoms with Gasteiger partial charge in [-0.1, -0.05) is 12.1 Å². The van der Waals surface area contributed by atoms with Crippen LogP contribution in [0.1, 0.15) is 42.8 Å². The molecule has 0 aromatic carbocycles. The molecule has 120 valence electrons. The van der Waals surface area contributed by atoms with E-state index < -0.39 is 0 Å². The lowest BCUT2D eigenvalue weighted by atomic mass is 10.1. The first-order chi connectivity index (χ1) is 11.2. The summed E-state index contributed by atoms with van der Waals surface area (Å²) in [6, 6.07) is 10.5. The fourth-order valence-electron chi connectivity index (χ4n) is 3.07. The van der Waals surface area contributed by atoms with Crippen molar-refractivity contribution >= 4 is 5.91 Å². The number of amides is 1. The summed E-state index contributed by atoms with van der Waals surface area (Å²) >= 11 is 0. The number of hydrogen-bond acceptors (Lipinski definition) is 4. The van der Waals surface area contributed by atoms with Crippen LogP contribution in [-0.4, -0.2) is 27.3 Å². The lowest BCUT2D eigenvalue weighted by molar-refractivity contribution is -0.119. The molecule has 0 unspecified atom stereocenters. The molecule has 1 aliphatic heterocycles. The number of nitrogens with zero attached hydrogens (tertiary/aromatic N) is 3. The van der Waals surface area contributed by atoms with Crippen LogP contribution in [-0.2, 0) is 17.9 Å². The number of pyridine rings is 2. The van der Waals surface area contributed by atoms with Crippen LogP contribution in [0.2, 0.25) is 0 Å². The third-order valence-corrected chi connectivity index (χ3v) is 4.16. The molecule has 2 aromatic heterocycles. The summed E-state index contributed by atoms with van der Waals surface area (Å²) in [6.45, 7) is 3.99. The molecule has 1 N–H and O–H groups in total. The van der Waals surface area contributed by atoms with E-state index in [4.69, 9.17) is 4.98 Å². The monoisotopic (exact) mass is 310 g/mol. The summed E-state index contributed by atoms with van der Waals surface area (Å²) < 4.78 is 0. The first-order valence-corrected chi connectivity index (χ1v) is 8.05. The third-order valence-electron chi connectivity index (χ3n) is 4.16. The van der Waals surface area contributed by atoms with E-state index in [-0.39, 0.29) is 5.91 Å². The van der Waals surface area contributed by atoms with Crippen molar-refractivity contribution < 1.29 is 4.79 Å². The van der Waals surface area contributed by atoms with Gasteiger partial charge < -0.3 is 5.32 Å². The first kappa shape index (κ1) is 15.6. The van der Waals surface area contributed by atoms with Crippen molar-refractivity contribution in [2.24, 2.45) is 0 Å². The van der Waals surface area contributed by atoms with Crippen LogP contribution < -0.4 is 5.32 Å². The third kappa shape index (κ3) is 4.13. The van der Waals surface area contributed by atoms with Crippen molar-refractivity contribution in [2.45, 2.75) is 38.9 Å². The number of aromatic nitrogens is 2. The Labute approximate surface area is 136 Å². The molecule has 1 saturated heterocycles. The summed E-state index contributed by atoms with van der Waals surface area (Å²) in [5.74, 6) is -0.0312. The predicted octanol–water partition coefficient (Wildman–Crippen LogP) is 2.45. The van der Waals surface area contributed by atoms with Crippen molar-refractivity contribution in [1.29, 1.82) is 0 Å². The Morgan fingerprint density at radius 3 is 3.04 bits per heavy atom. The number of carbonyl (C=O) groups is 1. The van der Waals surface area contributed by atoms with E-state index in [0.29, 0.717) is 12.6 Å². The average Bonchev–Trinajstić information content (AvgIpc) is 3.02. The van der Waals surface area contributed by atoms with Crippen LogP contribution in [0.25, 0.3) is 0 Å². The largest absolute Gasteiger partial charge is 0.351 e. The molecule has 5 nitrogen and oxygen atoms in total. The number of nitrogens with one attached hydrogen (secondary N) is 1. The Morgan fingerprint density at radius 1 is 1.35 bits per heavy atom. The molecule has 5 heteroatoms. The maximum atomic E-state index is 11.1. The van der Waals surface area contributed by atoms with Gasteiger partial charge in [0.2, 0.25) is 5.91 Å². The Bertz CT molecular complexity index is 659. The molecular weight excluding hydrogens is 288 g/mol. The van der Waals surface area contributed by atoms with Crippen molar-refractivity contribution in [1.82, 2.24) is 20.2 Å². The normalized spacial score (nSPS) is 18.0. The van der Waals surface area contributed by atoms with Crippen molar-refractivity contribution in [3.63, 3.8) is 0 Å². The zero-order valence-corrected chi connectivity index (χ0v) is 13.4. The minimum absolute atomic E-state index is 0.0312. The summed E-state index contributed by atoms with van der Waals surface area (Å²) in [7, 11) is 0. The Hall–Kier alpha value is -2.27. The summed E-state index contributed by atoms with van der Waals surface area (Å²) in [6.07, 6.45) is 6.04. The smallest absolute Gasteiger partial charge is 0.217 e. The second-order valence-corrected chi connectivity index (χ2v) is 5.95. The lowest BCUT2D eigenvalue weighted by Gasteiger charge is -2.24. The maximum Gasteiger partial charge on any atom is 0.217 e. The van der Waals surface area contributed by atoms with Gasteiger partial charge in [0.15, 0.2) is 0 Å². The first-order valence-electron chi connectivity index (χ1n) is 8.05. The summed E-state index contributed by atoms with van der Waals surface area (Å²) in [4.78, 5) is 22.5. The van der Waals surface area contributed by atoms with E-state index in [9.17, 15) is 4.79 Å². The van der Waals surface area contributed by atoms with Crippen LogP contribution in [0.3, 0.4) is 0 Å². The number of carbonyl (C=O) groups excluding carboxylic acids is 1. The molecule has 2 aromatic rings. The van der Waals surface area contributed by atoms with Gasteiger partial charge in [0.1, 0.15) is 0 Å². The van der Waals surface area contributed by atoms with Crippen molar-refractivity contribution in [3.8, 4) is 0 Å². The van der Waals surface area contributed by atoms with Gasteiger partial charge in [0.25, 0.3) is 0 Å². The second-order valence-electron chi connectivity index (χ2n) is 5.95. The molecule has 0 spiro atoms. The van der Waals surface area contributed by atoms with Gasteiger partial charge in [-0.25, -0.2) is 0 Å². The molecular formula is C18H22N4O. The van der Waals surface area contributed by atoms with E-state index in [2.05, 4.69) is 27.3 Å². The predicted molar refractivity (Wildman–Crippen MR) is 88.4 cm³/mol. The Balaban J connectivity index is 1.72. The van der Waals surface area contributed by atoms with Crippen LogP contribution in [0.4, 0.5) is 0 Å². The van der Waals surface area contributed by atoms with Crippen molar-refractivity contribution in [2.75, 3.05) is 6.54 Å². The molecule has 1 aliphatic rings. The molecule has 1 amide bonds. The lowest BCUT2D eigenvalue weighted by Crippen LogP contribution is -2.24. The molecule has 1 atom stereocenters. The van der Waals surface area contributed by atoms with Gasteiger partial charge in [-0.3, -0.25) is 19.7 Å². The van der Waals surface area contributed by atoms with Gasteiger partial charge in [-0.15, -0.1) is 0 Å². The van der Waals surface area contributed by atoms with Gasteiger partial charge >= 0.3 is 0 Å². The quantitative estimate of drug-likeness (QED) is 0.921. The highest BCUT2D eigenvalue weighted by atomic mass is 16.1. The van der Waals surface area contributed by atoms with Gasteiger partial charge in [0.05, 0.1) is 24.0 Å². The van der Waals surface area contributed by atoms with Crippen LogP contribution in [0.5, 0.6) is 0 Å². The van der Waals surface area contributed by atoms with Crippen LogP contribution >= 0.6 is 0 Å². The summed E-state index contributed by atoms with van der Waals surface area (Å²) in [5, 5.41) is 2.81. The number of hydrogen-bond donors (Lipinski definition) is 1. The van der Waals surface area contributed by atoms with Gasteiger partial charge in [-0.05, 0) is 43.1 Å². The van der Waals surface area contributed by atoms with E-state index in [1.54, 1.807) is 6.20 Å². The topological polar surface area (TPSA) is 58.1 Å². The van der Waals surface area contributed by atoms with Crippen LogP contribution in [0, 0.1) is 0 Å². The SMILES string of the molecule is CC(=O)NCc1cccc([C@H]2CCCN2Cc2cccnc2)n1. The molecule has 0 bridgehead atoms. The fourth-order valence-corrected chi connectivity index (χ4v) is 3.07. The molecule has 0 radical (unpaired) electrons. The number of likely N-dealkylation sites (tertiary alicyclic amines) is 1. The Kier molecular flexibility index (Phi) is 4.98. The molecule has 1 fully saturated rings. The molecule has 3 heterocycles. The van der Waals surface area contributed by atoms with Crippen LogP contribution in [0.15, 0.2) is 42.7 Å². The Morgan fingerprint density at radius 2 is 2.26 bits per heavy atom. The minimum atomic E-state index is -0.0312. The van der Waals surface area contributed by atoms with Gasteiger partial charge in [0, 0.05) is 25.9 Å². The number of rotatable bonds is 5. The van der Waals surface area contributed by atoms with Crippen molar-refractivity contribution in [3.05, 3.63) is 59.7 Å². The van der Waals surface area contributed by atoms with E-state index >= 15 is 0 Å². The second kappa shape index (κ2) is 7.33.